The van der Waals surface area contributed by atoms with Gasteiger partial charge in [0.25, 0.3) is 0 Å². The summed E-state index contributed by atoms with van der Waals surface area (Å²) in [6.45, 7) is 0.604. The van der Waals surface area contributed by atoms with Crippen molar-refractivity contribution < 1.29 is 9.90 Å². The lowest BCUT2D eigenvalue weighted by molar-refractivity contribution is -0.138. The van der Waals surface area contributed by atoms with Gasteiger partial charge in [-0.05, 0) is 25.2 Å². The molecule has 0 fully saturated rings. The summed E-state index contributed by atoms with van der Waals surface area (Å²) < 4.78 is 0. The molecule has 6 nitrogen and oxygen atoms in total. The van der Waals surface area contributed by atoms with Gasteiger partial charge in [-0.25, -0.2) is 5.84 Å². The van der Waals surface area contributed by atoms with Crippen molar-refractivity contribution in [3.05, 3.63) is 0 Å². The van der Waals surface area contributed by atoms with Crippen LogP contribution in [0.5, 0.6) is 0 Å². The predicted molar refractivity (Wildman–Crippen MR) is 44.8 cm³/mol. The maximum atomic E-state index is 10.1. The smallest absolute Gasteiger partial charge is 0.320 e. The summed E-state index contributed by atoms with van der Waals surface area (Å²) in [5.74, 6) is 9.07. The summed E-state index contributed by atoms with van der Waals surface area (Å²) in [5, 5.41) is 8.33. The molecule has 0 heterocycles. The van der Waals surface area contributed by atoms with E-state index in [4.69, 9.17) is 22.4 Å². The topological polar surface area (TPSA) is 138 Å². The normalized spacial score (nSPS) is 11.3. The van der Waals surface area contributed by atoms with Crippen LogP contribution in [0.3, 0.4) is 0 Å². The second kappa shape index (κ2) is 10.3. The van der Waals surface area contributed by atoms with E-state index in [1.165, 1.54) is 0 Å². The number of carbonyl (C=O) groups is 1. The molecule has 0 aromatic heterocycles. The molecule has 72 valence electrons. The molecule has 0 bridgehead atoms. The van der Waals surface area contributed by atoms with E-state index < -0.39 is 12.0 Å². The van der Waals surface area contributed by atoms with E-state index in [-0.39, 0.29) is 0 Å². The molecule has 0 saturated heterocycles. The molecular formula is C6H16N4O2. The Labute approximate surface area is 71.9 Å². The number of aliphatic carboxylic acids is 1. The van der Waals surface area contributed by atoms with Crippen molar-refractivity contribution in [2.75, 3.05) is 6.54 Å². The molecule has 7 N–H and O–H groups in total. The average molecular weight is 176 g/mol. The van der Waals surface area contributed by atoms with E-state index in [1.54, 1.807) is 0 Å². The van der Waals surface area contributed by atoms with Gasteiger partial charge in [0.15, 0.2) is 0 Å². The van der Waals surface area contributed by atoms with Crippen molar-refractivity contribution in [2.45, 2.75) is 25.3 Å². The van der Waals surface area contributed by atoms with Gasteiger partial charge in [-0.1, -0.05) is 6.42 Å². The van der Waals surface area contributed by atoms with E-state index >= 15 is 0 Å². The molecule has 1 atom stereocenters. The van der Waals surface area contributed by atoms with Crippen LogP contribution in [0.2, 0.25) is 0 Å². The zero-order valence-corrected chi connectivity index (χ0v) is 6.94. The van der Waals surface area contributed by atoms with Gasteiger partial charge in [0, 0.05) is 0 Å². The van der Waals surface area contributed by atoms with Gasteiger partial charge in [-0.3, -0.25) is 4.79 Å². The first kappa shape index (κ1) is 13.9. The first-order valence-corrected chi connectivity index (χ1v) is 3.62. The molecule has 0 aliphatic heterocycles. The third-order valence-corrected chi connectivity index (χ3v) is 1.29. The minimum absolute atomic E-state index is 0.520. The SMILES string of the molecule is NCCCC[C@H](N)C(=O)O.[N]N. The summed E-state index contributed by atoms with van der Waals surface area (Å²) in [7, 11) is 0. The molecule has 0 amide bonds. The number of nitrogens with zero attached hydrogens (tertiary/aromatic N) is 1. The Bertz CT molecular complexity index is 110. The van der Waals surface area contributed by atoms with E-state index in [2.05, 4.69) is 5.84 Å². The van der Waals surface area contributed by atoms with E-state index in [0.717, 1.165) is 12.8 Å². The van der Waals surface area contributed by atoms with Crippen LogP contribution in [0.25, 0.3) is 0 Å². The average Bonchev–Trinajstić information content (AvgIpc) is 2.08. The first-order valence-electron chi connectivity index (χ1n) is 3.62. The van der Waals surface area contributed by atoms with Gasteiger partial charge in [-0.2, -0.15) is 0 Å². The highest BCUT2D eigenvalue weighted by Crippen LogP contribution is 1.96. The fourth-order valence-electron chi connectivity index (χ4n) is 0.632. The first-order chi connectivity index (χ1) is 5.68. The van der Waals surface area contributed by atoms with Crippen LogP contribution < -0.4 is 23.2 Å². The molecule has 0 saturated carbocycles. The summed E-state index contributed by atoms with van der Waals surface area (Å²) >= 11 is 0. The fraction of sp³-hybridized carbons (Fsp3) is 0.833. The fourth-order valence-corrected chi connectivity index (χ4v) is 0.632. The second-order valence-electron chi connectivity index (χ2n) is 2.23. The Hall–Kier alpha value is -0.690. The number of hydrogen-bond acceptors (Lipinski definition) is 4. The molecule has 0 rings (SSSR count). The lowest BCUT2D eigenvalue weighted by atomic mass is 10.1. The zero-order chi connectivity index (χ0) is 9.98. The van der Waals surface area contributed by atoms with Crippen LogP contribution in [-0.4, -0.2) is 23.7 Å². The molecule has 2 radical (unpaired) electrons. The van der Waals surface area contributed by atoms with Crippen LogP contribution in [0.4, 0.5) is 0 Å². The van der Waals surface area contributed by atoms with Gasteiger partial charge >= 0.3 is 5.97 Å². The molecule has 0 aromatic carbocycles. The number of rotatable bonds is 5. The summed E-state index contributed by atoms with van der Waals surface area (Å²) in [4.78, 5) is 10.1. The number of carboxylic acid groups (broad SMARTS) is 1. The quantitative estimate of drug-likeness (QED) is 0.228. The Morgan fingerprint density at radius 2 is 1.92 bits per heavy atom. The maximum absolute atomic E-state index is 10.1. The van der Waals surface area contributed by atoms with Crippen molar-refractivity contribution >= 4 is 5.97 Å². The standard InChI is InChI=1S/C6H14N2O2.H2N2/c7-4-2-1-3-5(8)6(9)10;1-2/h5H,1-4,7-8H2,(H,9,10);1H2/t5-;/m0./s1. The van der Waals surface area contributed by atoms with Crippen LogP contribution in [0.1, 0.15) is 19.3 Å². The van der Waals surface area contributed by atoms with Crippen molar-refractivity contribution in [3.8, 4) is 0 Å². The third kappa shape index (κ3) is 9.31. The van der Waals surface area contributed by atoms with Gasteiger partial charge in [0.1, 0.15) is 6.04 Å². The molecule has 0 aliphatic rings. The van der Waals surface area contributed by atoms with Crippen molar-refractivity contribution in [3.63, 3.8) is 0 Å². The van der Waals surface area contributed by atoms with Crippen molar-refractivity contribution in [1.82, 2.24) is 5.84 Å². The molecule has 0 spiro atoms. The van der Waals surface area contributed by atoms with Crippen LogP contribution >= 0.6 is 0 Å². The molecule has 0 unspecified atom stereocenters. The number of hydrogen-bond donors (Lipinski definition) is 4. The minimum Gasteiger partial charge on any atom is -0.480 e. The number of unbranched alkanes of at least 4 members (excludes halogenated alkanes) is 1. The highest BCUT2D eigenvalue weighted by Gasteiger charge is 2.09. The van der Waals surface area contributed by atoms with Crippen LogP contribution in [-0.2, 0) is 4.79 Å². The van der Waals surface area contributed by atoms with Crippen LogP contribution in [0.15, 0.2) is 0 Å². The van der Waals surface area contributed by atoms with Gasteiger partial charge in [0.05, 0.1) is 0 Å². The number of nitrogens with two attached hydrogens (primary N) is 3. The molecule has 0 aliphatic carbocycles. The van der Waals surface area contributed by atoms with E-state index in [9.17, 15) is 4.79 Å². The Morgan fingerprint density at radius 3 is 2.25 bits per heavy atom. The molecular weight excluding hydrogens is 160 g/mol. The lowest BCUT2D eigenvalue weighted by Gasteiger charge is -2.03. The minimum atomic E-state index is -0.933. The largest absolute Gasteiger partial charge is 0.480 e. The monoisotopic (exact) mass is 176 g/mol. The lowest BCUT2D eigenvalue weighted by Crippen LogP contribution is -2.29. The Balaban J connectivity index is 0. The zero-order valence-electron chi connectivity index (χ0n) is 6.94. The van der Waals surface area contributed by atoms with Crippen molar-refractivity contribution in [1.29, 1.82) is 0 Å². The molecule has 12 heavy (non-hydrogen) atoms. The van der Waals surface area contributed by atoms with E-state index in [1.807, 2.05) is 0 Å². The Morgan fingerprint density at radius 1 is 1.42 bits per heavy atom. The maximum Gasteiger partial charge on any atom is 0.320 e. The predicted octanol–water partition coefficient (Wildman–Crippen LogP) is -1.54. The van der Waals surface area contributed by atoms with E-state index in [0.29, 0.717) is 13.0 Å². The summed E-state index contributed by atoms with van der Waals surface area (Å²) in [6, 6.07) is -0.716. The second-order valence-corrected chi connectivity index (χ2v) is 2.23. The van der Waals surface area contributed by atoms with Gasteiger partial charge < -0.3 is 16.6 Å². The number of carboxylic acids is 1. The summed E-state index contributed by atoms with van der Waals surface area (Å²) in [6.07, 6.45) is 2.16. The summed E-state index contributed by atoms with van der Waals surface area (Å²) in [5.41, 5.74) is 10.4. The van der Waals surface area contributed by atoms with Gasteiger partial charge in [-0.15, -0.1) is 0 Å². The molecule has 6 heteroatoms. The van der Waals surface area contributed by atoms with Crippen molar-refractivity contribution in [2.24, 2.45) is 17.3 Å². The molecule has 0 aromatic rings. The van der Waals surface area contributed by atoms with Gasteiger partial charge in [0.2, 0.25) is 0 Å². The highest BCUT2D eigenvalue weighted by molar-refractivity contribution is 5.72. The Kier molecular flexibility index (Phi) is 11.9. The third-order valence-electron chi connectivity index (χ3n) is 1.29. The highest BCUT2D eigenvalue weighted by atomic mass is 16.4. The van der Waals surface area contributed by atoms with Crippen LogP contribution in [0, 0.1) is 0 Å².